The SMILES string of the molecule is c1ccc(-c2ccc3c(c2)c2ccccc2n3-c2ccccc2-c2nc(-c3ccccc3)nc(-c3cccc4oc5cccc(-c6ccccc6)c5c34)n2)cc1. The Morgan fingerprint density at radius 1 is 0.339 bits per heavy atom. The van der Waals surface area contributed by atoms with Crippen molar-refractivity contribution in [3.05, 3.63) is 194 Å². The lowest BCUT2D eigenvalue weighted by molar-refractivity contribution is 0.669. The van der Waals surface area contributed by atoms with Crippen LogP contribution in [0, 0.1) is 0 Å². The molecule has 3 heterocycles. The smallest absolute Gasteiger partial charge is 0.166 e. The molecule has 262 valence electrons. The minimum atomic E-state index is 0.578. The van der Waals surface area contributed by atoms with Crippen molar-refractivity contribution in [2.24, 2.45) is 0 Å². The Hall–Kier alpha value is -7.63. The third-order valence-electron chi connectivity index (χ3n) is 10.7. The lowest BCUT2D eigenvalue weighted by Crippen LogP contribution is -2.03. The highest BCUT2D eigenvalue weighted by Gasteiger charge is 2.22. The average Bonchev–Trinajstić information content (AvgIpc) is 3.83. The third kappa shape index (κ3) is 5.21. The first kappa shape index (κ1) is 31.9. The number of benzene rings is 8. The summed E-state index contributed by atoms with van der Waals surface area (Å²) in [4.78, 5) is 15.8. The van der Waals surface area contributed by atoms with Crippen LogP contribution in [0.4, 0.5) is 0 Å². The van der Waals surface area contributed by atoms with E-state index in [0.29, 0.717) is 17.5 Å². The molecule has 0 N–H and O–H groups in total. The van der Waals surface area contributed by atoms with E-state index >= 15 is 0 Å². The van der Waals surface area contributed by atoms with Crippen molar-refractivity contribution in [1.29, 1.82) is 0 Å². The van der Waals surface area contributed by atoms with Gasteiger partial charge in [-0.25, -0.2) is 15.0 Å². The highest BCUT2D eigenvalue weighted by molar-refractivity contribution is 6.17. The number of para-hydroxylation sites is 2. The van der Waals surface area contributed by atoms with Crippen molar-refractivity contribution in [3.8, 4) is 62.1 Å². The van der Waals surface area contributed by atoms with Crippen molar-refractivity contribution in [2.45, 2.75) is 0 Å². The van der Waals surface area contributed by atoms with E-state index in [1.54, 1.807) is 0 Å². The summed E-state index contributed by atoms with van der Waals surface area (Å²) < 4.78 is 8.86. The molecule has 0 aliphatic rings. The predicted molar refractivity (Wildman–Crippen MR) is 229 cm³/mol. The molecule has 11 rings (SSSR count). The second-order valence-electron chi connectivity index (χ2n) is 14.0. The highest BCUT2D eigenvalue weighted by atomic mass is 16.3. The number of fused-ring (bicyclic) bond motifs is 6. The van der Waals surface area contributed by atoms with Crippen LogP contribution in [0.1, 0.15) is 0 Å². The van der Waals surface area contributed by atoms with E-state index in [9.17, 15) is 0 Å². The number of hydrogen-bond acceptors (Lipinski definition) is 4. The summed E-state index contributed by atoms with van der Waals surface area (Å²) in [5.41, 5.74) is 12.1. The van der Waals surface area contributed by atoms with Crippen molar-refractivity contribution in [2.75, 3.05) is 0 Å². The molecule has 0 aliphatic carbocycles. The van der Waals surface area contributed by atoms with Gasteiger partial charge in [-0.15, -0.1) is 0 Å². The monoisotopic (exact) mass is 716 g/mol. The van der Waals surface area contributed by atoms with Gasteiger partial charge in [-0.3, -0.25) is 0 Å². The zero-order chi connectivity index (χ0) is 37.0. The lowest BCUT2D eigenvalue weighted by Gasteiger charge is -2.15. The molecule has 5 heteroatoms. The summed E-state index contributed by atoms with van der Waals surface area (Å²) in [5.74, 6) is 1.77. The van der Waals surface area contributed by atoms with Crippen LogP contribution in [0.5, 0.6) is 0 Å². The van der Waals surface area contributed by atoms with Crippen LogP contribution in [-0.4, -0.2) is 19.5 Å². The van der Waals surface area contributed by atoms with Crippen LogP contribution in [0.25, 0.3) is 106 Å². The molecule has 11 aromatic rings. The molecular weight excluding hydrogens is 685 g/mol. The maximum absolute atomic E-state index is 6.52. The number of furan rings is 1. The molecule has 8 aromatic carbocycles. The molecule has 0 atom stereocenters. The van der Waals surface area contributed by atoms with E-state index in [1.165, 1.54) is 21.9 Å². The lowest BCUT2D eigenvalue weighted by atomic mass is 9.97. The fourth-order valence-electron chi connectivity index (χ4n) is 8.14. The largest absolute Gasteiger partial charge is 0.456 e. The van der Waals surface area contributed by atoms with Gasteiger partial charge < -0.3 is 8.98 Å². The quantitative estimate of drug-likeness (QED) is 0.172. The molecule has 0 saturated heterocycles. The maximum atomic E-state index is 6.52. The summed E-state index contributed by atoms with van der Waals surface area (Å²) in [7, 11) is 0. The zero-order valence-electron chi connectivity index (χ0n) is 30.2. The summed E-state index contributed by atoms with van der Waals surface area (Å²) >= 11 is 0. The summed E-state index contributed by atoms with van der Waals surface area (Å²) in [6.07, 6.45) is 0. The number of aromatic nitrogens is 4. The molecule has 3 aromatic heterocycles. The molecule has 0 amide bonds. The van der Waals surface area contributed by atoms with E-state index in [2.05, 4.69) is 144 Å². The Balaban J connectivity index is 1.17. The molecular formula is C51H32N4O. The number of nitrogens with zero attached hydrogens (tertiary/aromatic N) is 4. The third-order valence-corrected chi connectivity index (χ3v) is 10.7. The minimum Gasteiger partial charge on any atom is -0.456 e. The molecule has 0 aliphatic heterocycles. The molecule has 0 radical (unpaired) electrons. The van der Waals surface area contributed by atoms with Gasteiger partial charge in [-0.1, -0.05) is 152 Å². The van der Waals surface area contributed by atoms with Gasteiger partial charge in [0.25, 0.3) is 0 Å². The average molecular weight is 717 g/mol. The first-order valence-electron chi connectivity index (χ1n) is 18.8. The molecule has 0 spiro atoms. The van der Waals surface area contributed by atoms with Gasteiger partial charge in [0.1, 0.15) is 11.2 Å². The van der Waals surface area contributed by atoms with Crippen molar-refractivity contribution in [1.82, 2.24) is 19.5 Å². The molecule has 0 unspecified atom stereocenters. The normalized spacial score (nSPS) is 11.6. The maximum Gasteiger partial charge on any atom is 0.166 e. The molecule has 0 saturated carbocycles. The Bertz CT molecular complexity index is 3240. The first-order chi connectivity index (χ1) is 27.8. The Morgan fingerprint density at radius 2 is 0.875 bits per heavy atom. The Kier molecular flexibility index (Phi) is 7.42. The summed E-state index contributed by atoms with van der Waals surface area (Å²) in [5, 5.41) is 4.38. The second-order valence-corrected chi connectivity index (χ2v) is 14.0. The molecule has 0 bridgehead atoms. The van der Waals surface area contributed by atoms with E-state index in [-0.39, 0.29) is 0 Å². The first-order valence-corrected chi connectivity index (χ1v) is 18.8. The van der Waals surface area contributed by atoms with Crippen LogP contribution >= 0.6 is 0 Å². The van der Waals surface area contributed by atoms with Gasteiger partial charge in [-0.05, 0) is 64.7 Å². The summed E-state index contributed by atoms with van der Waals surface area (Å²) in [6, 6.07) is 67.3. The predicted octanol–water partition coefficient (Wildman–Crippen LogP) is 13.2. The van der Waals surface area contributed by atoms with Crippen LogP contribution in [0.15, 0.2) is 199 Å². The minimum absolute atomic E-state index is 0.578. The van der Waals surface area contributed by atoms with Crippen LogP contribution in [-0.2, 0) is 0 Å². The van der Waals surface area contributed by atoms with Gasteiger partial charge in [0.15, 0.2) is 17.5 Å². The Labute approximate surface area is 322 Å². The number of hydrogen-bond donors (Lipinski definition) is 0. The molecule has 0 fully saturated rings. The van der Waals surface area contributed by atoms with Crippen molar-refractivity contribution >= 4 is 43.7 Å². The highest BCUT2D eigenvalue weighted by Crippen LogP contribution is 2.42. The fourth-order valence-corrected chi connectivity index (χ4v) is 8.14. The van der Waals surface area contributed by atoms with Crippen LogP contribution < -0.4 is 0 Å². The van der Waals surface area contributed by atoms with E-state index in [0.717, 1.165) is 66.5 Å². The summed E-state index contributed by atoms with van der Waals surface area (Å²) in [6.45, 7) is 0. The molecule has 56 heavy (non-hydrogen) atoms. The zero-order valence-corrected chi connectivity index (χ0v) is 30.2. The topological polar surface area (TPSA) is 56.7 Å². The van der Waals surface area contributed by atoms with Crippen LogP contribution in [0.3, 0.4) is 0 Å². The fraction of sp³-hybridized carbons (Fsp3) is 0. The van der Waals surface area contributed by atoms with Gasteiger partial charge in [-0.2, -0.15) is 0 Å². The number of rotatable bonds is 6. The van der Waals surface area contributed by atoms with Crippen LogP contribution in [0.2, 0.25) is 0 Å². The van der Waals surface area contributed by atoms with Crippen molar-refractivity contribution in [3.63, 3.8) is 0 Å². The van der Waals surface area contributed by atoms with E-state index < -0.39 is 0 Å². The van der Waals surface area contributed by atoms with Gasteiger partial charge in [0.05, 0.1) is 16.7 Å². The van der Waals surface area contributed by atoms with Gasteiger partial charge in [0.2, 0.25) is 0 Å². The van der Waals surface area contributed by atoms with E-state index in [4.69, 9.17) is 19.4 Å². The van der Waals surface area contributed by atoms with Gasteiger partial charge >= 0.3 is 0 Å². The Morgan fingerprint density at radius 3 is 1.62 bits per heavy atom. The molecule has 5 nitrogen and oxygen atoms in total. The standard InChI is InChI=1S/C51H32N4O/c1-4-16-33(17-5-1)36-30-31-44-41(32-36)38-22-10-12-26-42(38)55(44)43-27-13-11-23-39(43)50-52-49(35-20-8-3-9-21-35)53-51(54-50)40-25-15-29-46-48(40)47-37(24-14-28-45(47)56-46)34-18-6-2-7-19-34/h1-32H. The van der Waals surface area contributed by atoms with E-state index in [1.807, 2.05) is 54.6 Å². The van der Waals surface area contributed by atoms with Crippen molar-refractivity contribution < 1.29 is 4.42 Å². The van der Waals surface area contributed by atoms with Gasteiger partial charge in [0, 0.05) is 38.2 Å². The second kappa shape index (κ2) is 13.0.